The second kappa shape index (κ2) is 7.92. The normalized spacial score (nSPS) is 24.0. The topological polar surface area (TPSA) is 42.8 Å². The number of piperazine rings is 1. The molecule has 0 aromatic carbocycles. The van der Waals surface area contributed by atoms with Crippen molar-refractivity contribution in [3.8, 4) is 0 Å². The maximum atomic E-state index is 9.36. The van der Waals surface area contributed by atoms with Gasteiger partial charge >= 0.3 is 0 Å². The van der Waals surface area contributed by atoms with E-state index in [4.69, 9.17) is 0 Å². The number of rotatable bonds is 6. The molecule has 2 saturated heterocycles. The molecule has 0 spiro atoms. The first-order valence-corrected chi connectivity index (χ1v) is 9.77. The van der Waals surface area contributed by atoms with E-state index in [1.807, 2.05) is 11.3 Å². The minimum atomic E-state index is 0.279. The second-order valence-corrected chi connectivity index (χ2v) is 8.13. The first kappa shape index (κ1) is 17.1. The summed E-state index contributed by atoms with van der Waals surface area (Å²) >= 11 is 1.86. The van der Waals surface area contributed by atoms with Crippen LogP contribution in [0.4, 0.5) is 5.13 Å². The highest BCUT2D eigenvalue weighted by atomic mass is 32.1. The maximum absolute atomic E-state index is 9.36. The van der Waals surface area contributed by atoms with E-state index in [1.54, 1.807) is 0 Å². The standard InChI is InChI=1S/C17H30N4OS/c1-14(2)21-9-8-19(12-15(21)5-10-22)13-16-11-18-17(23-16)20-6-3-4-7-20/h11,14-15,22H,3-10,12-13H2,1-2H3/t15-/m0/s1. The lowest BCUT2D eigenvalue weighted by Gasteiger charge is -2.43. The van der Waals surface area contributed by atoms with Gasteiger partial charge in [-0.1, -0.05) is 0 Å². The Hall–Kier alpha value is -0.690. The Morgan fingerprint density at radius 1 is 1.26 bits per heavy atom. The van der Waals surface area contributed by atoms with Crippen molar-refractivity contribution in [3.05, 3.63) is 11.1 Å². The molecular formula is C17H30N4OS. The molecule has 0 radical (unpaired) electrons. The summed E-state index contributed by atoms with van der Waals surface area (Å²) in [5.41, 5.74) is 0. The Morgan fingerprint density at radius 2 is 2.04 bits per heavy atom. The van der Waals surface area contributed by atoms with Crippen LogP contribution in [0.2, 0.25) is 0 Å². The monoisotopic (exact) mass is 338 g/mol. The van der Waals surface area contributed by atoms with Gasteiger partial charge in [-0.25, -0.2) is 4.98 Å². The molecule has 1 atom stereocenters. The van der Waals surface area contributed by atoms with Crippen LogP contribution in [-0.4, -0.2) is 71.3 Å². The Bertz CT molecular complexity index is 487. The molecule has 6 heteroatoms. The summed E-state index contributed by atoms with van der Waals surface area (Å²) in [4.78, 5) is 13.5. The van der Waals surface area contributed by atoms with Crippen LogP contribution in [0.25, 0.3) is 0 Å². The lowest BCUT2D eigenvalue weighted by molar-refractivity contribution is 0.0353. The second-order valence-electron chi connectivity index (χ2n) is 7.04. The number of thiazole rings is 1. The highest BCUT2D eigenvalue weighted by Gasteiger charge is 2.28. The molecule has 0 amide bonds. The fourth-order valence-electron chi connectivity index (χ4n) is 3.81. The largest absolute Gasteiger partial charge is 0.396 e. The molecule has 1 aromatic heterocycles. The van der Waals surface area contributed by atoms with Crippen molar-refractivity contribution in [2.75, 3.05) is 44.2 Å². The number of aliphatic hydroxyl groups is 1. The SMILES string of the molecule is CC(C)N1CCN(Cc2cnc(N3CCCC3)s2)C[C@@H]1CCO. The summed E-state index contributed by atoms with van der Waals surface area (Å²) in [6.07, 6.45) is 5.54. The average molecular weight is 339 g/mol. The summed E-state index contributed by atoms with van der Waals surface area (Å²) in [6, 6.07) is 1.03. The molecule has 23 heavy (non-hydrogen) atoms. The van der Waals surface area contributed by atoms with Gasteiger partial charge in [0.05, 0.1) is 0 Å². The molecule has 2 fully saturated rings. The van der Waals surface area contributed by atoms with Gasteiger partial charge in [-0.2, -0.15) is 0 Å². The van der Waals surface area contributed by atoms with Crippen molar-refractivity contribution in [2.45, 2.75) is 51.7 Å². The Labute approximate surface area is 143 Å². The van der Waals surface area contributed by atoms with Gasteiger partial charge in [-0.3, -0.25) is 9.80 Å². The van der Waals surface area contributed by atoms with Crippen molar-refractivity contribution < 1.29 is 5.11 Å². The molecule has 1 N–H and O–H groups in total. The Morgan fingerprint density at radius 3 is 2.74 bits per heavy atom. The smallest absolute Gasteiger partial charge is 0.185 e. The van der Waals surface area contributed by atoms with E-state index in [-0.39, 0.29) is 6.61 Å². The summed E-state index contributed by atoms with van der Waals surface area (Å²) in [7, 11) is 0. The zero-order valence-electron chi connectivity index (χ0n) is 14.4. The maximum Gasteiger partial charge on any atom is 0.185 e. The zero-order chi connectivity index (χ0) is 16.2. The summed E-state index contributed by atoms with van der Waals surface area (Å²) < 4.78 is 0. The summed E-state index contributed by atoms with van der Waals surface area (Å²) in [5.74, 6) is 0. The fraction of sp³-hybridized carbons (Fsp3) is 0.824. The summed E-state index contributed by atoms with van der Waals surface area (Å²) in [6.45, 7) is 11.4. The van der Waals surface area contributed by atoms with Crippen LogP contribution >= 0.6 is 11.3 Å². The van der Waals surface area contributed by atoms with E-state index >= 15 is 0 Å². The average Bonchev–Trinajstić information content (AvgIpc) is 3.18. The van der Waals surface area contributed by atoms with E-state index in [1.165, 1.54) is 35.9 Å². The van der Waals surface area contributed by atoms with Crippen LogP contribution < -0.4 is 4.90 Å². The van der Waals surface area contributed by atoms with E-state index < -0.39 is 0 Å². The van der Waals surface area contributed by atoms with Gasteiger partial charge in [0.15, 0.2) is 5.13 Å². The Kier molecular flexibility index (Phi) is 5.91. The first-order valence-electron chi connectivity index (χ1n) is 8.96. The van der Waals surface area contributed by atoms with E-state index in [0.29, 0.717) is 12.1 Å². The van der Waals surface area contributed by atoms with E-state index in [0.717, 1.165) is 32.6 Å². The third-order valence-corrected chi connectivity index (χ3v) is 6.08. The van der Waals surface area contributed by atoms with Gasteiger partial charge in [0.25, 0.3) is 0 Å². The fourth-order valence-corrected chi connectivity index (χ4v) is 4.81. The lowest BCUT2D eigenvalue weighted by atomic mass is 10.1. The predicted octanol–water partition coefficient (Wildman–Crippen LogP) is 2.02. The highest BCUT2D eigenvalue weighted by Crippen LogP contribution is 2.27. The van der Waals surface area contributed by atoms with Crippen molar-refractivity contribution in [3.63, 3.8) is 0 Å². The van der Waals surface area contributed by atoms with Gasteiger partial charge in [0.2, 0.25) is 0 Å². The molecule has 3 rings (SSSR count). The molecule has 130 valence electrons. The van der Waals surface area contributed by atoms with Gasteiger partial charge in [-0.15, -0.1) is 11.3 Å². The number of aliphatic hydroxyl groups excluding tert-OH is 1. The van der Waals surface area contributed by atoms with Crippen LogP contribution in [0.1, 0.15) is 38.0 Å². The number of aromatic nitrogens is 1. The van der Waals surface area contributed by atoms with Gasteiger partial charge in [0, 0.05) is 69.0 Å². The molecule has 1 aromatic rings. The third kappa shape index (κ3) is 4.24. The molecule has 2 aliphatic rings. The van der Waals surface area contributed by atoms with Crippen LogP contribution in [0.15, 0.2) is 6.20 Å². The van der Waals surface area contributed by atoms with Crippen LogP contribution in [0.5, 0.6) is 0 Å². The predicted molar refractivity (Wildman–Crippen MR) is 96.2 cm³/mol. The van der Waals surface area contributed by atoms with Gasteiger partial charge in [-0.05, 0) is 33.1 Å². The van der Waals surface area contributed by atoms with Crippen LogP contribution in [0.3, 0.4) is 0 Å². The molecule has 5 nitrogen and oxygen atoms in total. The molecule has 0 bridgehead atoms. The Balaban J connectivity index is 1.57. The first-order chi connectivity index (χ1) is 11.2. The van der Waals surface area contributed by atoms with Crippen LogP contribution in [0, 0.1) is 0 Å². The van der Waals surface area contributed by atoms with Crippen LogP contribution in [-0.2, 0) is 6.54 Å². The number of anilines is 1. The quantitative estimate of drug-likeness (QED) is 0.860. The molecule has 3 heterocycles. The van der Waals surface area contributed by atoms with E-state index in [2.05, 4.69) is 39.7 Å². The van der Waals surface area contributed by atoms with Crippen molar-refractivity contribution >= 4 is 16.5 Å². The zero-order valence-corrected chi connectivity index (χ0v) is 15.3. The van der Waals surface area contributed by atoms with Gasteiger partial charge in [0.1, 0.15) is 0 Å². The molecule has 2 aliphatic heterocycles. The van der Waals surface area contributed by atoms with Crippen molar-refractivity contribution in [1.29, 1.82) is 0 Å². The molecular weight excluding hydrogens is 308 g/mol. The highest BCUT2D eigenvalue weighted by molar-refractivity contribution is 7.15. The minimum Gasteiger partial charge on any atom is -0.396 e. The third-order valence-electron chi connectivity index (χ3n) is 5.04. The number of nitrogens with zero attached hydrogens (tertiary/aromatic N) is 4. The van der Waals surface area contributed by atoms with E-state index in [9.17, 15) is 5.11 Å². The van der Waals surface area contributed by atoms with Gasteiger partial charge < -0.3 is 10.0 Å². The molecule has 0 aliphatic carbocycles. The van der Waals surface area contributed by atoms with Crippen molar-refractivity contribution in [1.82, 2.24) is 14.8 Å². The number of hydrogen-bond acceptors (Lipinski definition) is 6. The molecule has 0 saturated carbocycles. The number of hydrogen-bond donors (Lipinski definition) is 1. The summed E-state index contributed by atoms with van der Waals surface area (Å²) in [5, 5.41) is 10.6. The lowest BCUT2D eigenvalue weighted by Crippen LogP contribution is -2.55. The van der Waals surface area contributed by atoms with Crippen molar-refractivity contribution in [2.24, 2.45) is 0 Å². The minimum absolute atomic E-state index is 0.279. The molecule has 0 unspecified atom stereocenters.